The molecule has 0 aliphatic heterocycles. The van der Waals surface area contributed by atoms with Crippen LogP contribution in [0.4, 0.5) is 0 Å². The van der Waals surface area contributed by atoms with Gasteiger partial charge in [0.2, 0.25) is 0 Å². The molecule has 68 valence electrons. The third kappa shape index (κ3) is 45.7. The van der Waals surface area contributed by atoms with Crippen molar-refractivity contribution in [3.05, 3.63) is 24.6 Å². The Balaban J connectivity index is -0.000000138. The predicted octanol–water partition coefficient (Wildman–Crippen LogP) is 3.70. The van der Waals surface area contributed by atoms with Crippen LogP contribution in [0, 0.1) is 0 Å². The molecule has 0 saturated heterocycles. The molecule has 0 aromatic heterocycles. The topological polar surface area (TPSA) is 12.0 Å². The monoisotopic (exact) mass is 157 g/mol. The summed E-state index contributed by atoms with van der Waals surface area (Å²) in [6.07, 6.45) is 0. The summed E-state index contributed by atoms with van der Waals surface area (Å²) in [7, 11) is 0. The van der Waals surface area contributed by atoms with Crippen molar-refractivity contribution in [2.75, 3.05) is 0 Å². The maximum atomic E-state index is 3.62. The van der Waals surface area contributed by atoms with Gasteiger partial charge in [0.1, 0.15) is 0 Å². The third-order valence-electron chi connectivity index (χ3n) is 0.427. The van der Waals surface area contributed by atoms with E-state index in [0.29, 0.717) is 0 Å². The minimum atomic E-state index is 0.938. The van der Waals surface area contributed by atoms with E-state index < -0.39 is 0 Å². The second-order valence-electron chi connectivity index (χ2n) is 1.69. The third-order valence-corrected chi connectivity index (χ3v) is 0.427. The summed E-state index contributed by atoms with van der Waals surface area (Å²) >= 11 is 0. The van der Waals surface area contributed by atoms with E-state index in [-0.39, 0.29) is 0 Å². The highest BCUT2D eigenvalue weighted by atomic mass is 14.9. The smallest absolute Gasteiger partial charge is 0.00441 e. The lowest BCUT2D eigenvalue weighted by molar-refractivity contribution is 0.982. The van der Waals surface area contributed by atoms with Gasteiger partial charge in [-0.25, -0.2) is 0 Å². The Bertz CT molecular complexity index is 81.0. The first-order chi connectivity index (χ1) is 5.13. The van der Waals surface area contributed by atoms with Crippen LogP contribution in [0.2, 0.25) is 0 Å². The minimum Gasteiger partial charge on any atom is -0.364 e. The van der Waals surface area contributed by atoms with Gasteiger partial charge in [0.25, 0.3) is 0 Å². The maximum Gasteiger partial charge on any atom is 0.00441 e. The molecule has 1 nitrogen and oxygen atoms in total. The van der Waals surface area contributed by atoms with E-state index in [2.05, 4.69) is 18.5 Å². The lowest BCUT2D eigenvalue weighted by Gasteiger charge is -1.99. The zero-order valence-corrected chi connectivity index (χ0v) is 8.91. The van der Waals surface area contributed by atoms with Crippen molar-refractivity contribution >= 4 is 0 Å². The molecular formula is C10H23N. The Labute approximate surface area is 72.2 Å². The van der Waals surface area contributed by atoms with E-state index in [9.17, 15) is 0 Å². The molecule has 0 spiro atoms. The summed E-state index contributed by atoms with van der Waals surface area (Å²) in [6, 6.07) is 0. The van der Waals surface area contributed by atoms with Crippen LogP contribution in [-0.2, 0) is 0 Å². The molecule has 0 saturated carbocycles. The number of rotatable bonds is 2. The van der Waals surface area contributed by atoms with E-state index in [0.717, 1.165) is 11.4 Å². The molecule has 11 heavy (non-hydrogen) atoms. The van der Waals surface area contributed by atoms with Crippen LogP contribution in [0.25, 0.3) is 0 Å². The van der Waals surface area contributed by atoms with E-state index in [1.54, 1.807) is 0 Å². The highest BCUT2D eigenvalue weighted by molar-refractivity contribution is 4.98. The molecule has 0 bridgehead atoms. The lowest BCUT2D eigenvalue weighted by Crippen LogP contribution is -2.04. The quantitative estimate of drug-likeness (QED) is 0.644. The molecule has 0 aliphatic carbocycles. The molecule has 0 fully saturated rings. The number of allylic oxidation sites excluding steroid dienone is 2. The van der Waals surface area contributed by atoms with Crippen LogP contribution in [0.1, 0.15) is 41.5 Å². The molecule has 0 atom stereocenters. The van der Waals surface area contributed by atoms with Crippen molar-refractivity contribution in [2.45, 2.75) is 41.5 Å². The van der Waals surface area contributed by atoms with Gasteiger partial charge in [0, 0.05) is 11.4 Å². The second kappa shape index (κ2) is 16.1. The van der Waals surface area contributed by atoms with Crippen molar-refractivity contribution in [3.63, 3.8) is 0 Å². The number of hydrogen-bond donors (Lipinski definition) is 1. The maximum absolute atomic E-state index is 3.62. The summed E-state index contributed by atoms with van der Waals surface area (Å²) in [5.41, 5.74) is 1.88. The SMILES string of the molecule is C=C(C)NC(=C)C.CC.CC. The molecule has 0 rings (SSSR count). The van der Waals surface area contributed by atoms with Gasteiger partial charge >= 0.3 is 0 Å². The highest BCUT2D eigenvalue weighted by Crippen LogP contribution is 1.84. The summed E-state index contributed by atoms with van der Waals surface area (Å²) in [6.45, 7) is 19.0. The summed E-state index contributed by atoms with van der Waals surface area (Å²) < 4.78 is 0. The van der Waals surface area contributed by atoms with Gasteiger partial charge in [-0.2, -0.15) is 0 Å². The van der Waals surface area contributed by atoms with E-state index in [1.807, 2.05) is 41.5 Å². The Morgan fingerprint density at radius 2 is 1.00 bits per heavy atom. The largest absolute Gasteiger partial charge is 0.364 e. The first-order valence-electron chi connectivity index (χ1n) is 4.21. The molecular weight excluding hydrogens is 134 g/mol. The van der Waals surface area contributed by atoms with Crippen molar-refractivity contribution in [2.24, 2.45) is 0 Å². The van der Waals surface area contributed by atoms with Gasteiger partial charge in [0.15, 0.2) is 0 Å². The second-order valence-corrected chi connectivity index (χ2v) is 1.69. The Kier molecular flexibility index (Phi) is 24.5. The minimum absolute atomic E-state index is 0.938. The fourth-order valence-electron chi connectivity index (χ4n) is 0.364. The van der Waals surface area contributed by atoms with Crippen LogP contribution in [0.15, 0.2) is 24.6 Å². The van der Waals surface area contributed by atoms with E-state index in [4.69, 9.17) is 0 Å². The standard InChI is InChI=1S/C6H11N.2C2H6/c1-5(2)7-6(3)4;2*1-2/h7H,1,3H2,2,4H3;2*1-2H3. The fourth-order valence-corrected chi connectivity index (χ4v) is 0.364. The van der Waals surface area contributed by atoms with Crippen LogP contribution < -0.4 is 5.32 Å². The van der Waals surface area contributed by atoms with Crippen molar-refractivity contribution in [1.82, 2.24) is 5.32 Å². The Morgan fingerprint density at radius 1 is 0.818 bits per heavy atom. The van der Waals surface area contributed by atoms with Gasteiger partial charge in [0.05, 0.1) is 0 Å². The first kappa shape index (κ1) is 16.7. The van der Waals surface area contributed by atoms with Crippen molar-refractivity contribution < 1.29 is 0 Å². The molecule has 0 unspecified atom stereocenters. The summed E-state index contributed by atoms with van der Waals surface area (Å²) in [4.78, 5) is 0. The van der Waals surface area contributed by atoms with E-state index in [1.165, 1.54) is 0 Å². The molecule has 0 amide bonds. The fraction of sp³-hybridized carbons (Fsp3) is 0.600. The predicted molar refractivity (Wildman–Crippen MR) is 55.5 cm³/mol. The average molecular weight is 157 g/mol. The van der Waals surface area contributed by atoms with Gasteiger partial charge < -0.3 is 5.32 Å². The van der Waals surface area contributed by atoms with Gasteiger partial charge in [-0.3, -0.25) is 0 Å². The summed E-state index contributed by atoms with van der Waals surface area (Å²) in [5.74, 6) is 0. The molecule has 0 aromatic rings. The van der Waals surface area contributed by atoms with E-state index >= 15 is 0 Å². The first-order valence-corrected chi connectivity index (χ1v) is 4.21. The van der Waals surface area contributed by atoms with Crippen LogP contribution >= 0.6 is 0 Å². The van der Waals surface area contributed by atoms with Crippen LogP contribution in [0.3, 0.4) is 0 Å². The van der Waals surface area contributed by atoms with Crippen molar-refractivity contribution in [1.29, 1.82) is 0 Å². The Morgan fingerprint density at radius 3 is 1.00 bits per heavy atom. The van der Waals surface area contributed by atoms with Gasteiger partial charge in [-0.05, 0) is 13.8 Å². The molecule has 1 N–H and O–H groups in total. The van der Waals surface area contributed by atoms with Crippen LogP contribution in [0.5, 0.6) is 0 Å². The lowest BCUT2D eigenvalue weighted by atomic mass is 10.5. The molecule has 1 heteroatoms. The van der Waals surface area contributed by atoms with Gasteiger partial charge in [-0.1, -0.05) is 40.9 Å². The zero-order valence-electron chi connectivity index (χ0n) is 8.91. The number of hydrogen-bond acceptors (Lipinski definition) is 1. The molecule has 0 radical (unpaired) electrons. The summed E-state index contributed by atoms with van der Waals surface area (Å²) in [5, 5.41) is 2.92. The molecule has 0 aliphatic rings. The molecule has 0 aromatic carbocycles. The number of nitrogens with one attached hydrogen (secondary N) is 1. The average Bonchev–Trinajstić information content (AvgIpc) is 1.93. The zero-order chi connectivity index (χ0) is 9.86. The molecule has 0 heterocycles. The highest BCUT2D eigenvalue weighted by Gasteiger charge is 1.77. The van der Waals surface area contributed by atoms with Crippen LogP contribution in [-0.4, -0.2) is 0 Å². The van der Waals surface area contributed by atoms with Crippen molar-refractivity contribution in [3.8, 4) is 0 Å². The normalized spacial score (nSPS) is 6.00. The Hall–Kier alpha value is -0.720. The van der Waals surface area contributed by atoms with Gasteiger partial charge in [-0.15, -0.1) is 0 Å².